The summed E-state index contributed by atoms with van der Waals surface area (Å²) >= 11 is 5.69. The molecule has 0 bridgehead atoms. The summed E-state index contributed by atoms with van der Waals surface area (Å²) in [6.45, 7) is 4.34. The summed E-state index contributed by atoms with van der Waals surface area (Å²) in [4.78, 5) is 17.8. The molecule has 8 heteroatoms. The van der Waals surface area contributed by atoms with Crippen LogP contribution in [0.2, 0.25) is 5.15 Å². The van der Waals surface area contributed by atoms with Gasteiger partial charge in [0.15, 0.2) is 0 Å². The smallest absolute Gasteiger partial charge is 0.263 e. The van der Waals surface area contributed by atoms with E-state index in [1.165, 1.54) is 18.3 Å². The van der Waals surface area contributed by atoms with Gasteiger partial charge in [-0.05, 0) is 42.3 Å². The number of benzene rings is 1. The number of halogens is 1. The van der Waals surface area contributed by atoms with E-state index in [0.29, 0.717) is 18.7 Å². The maximum Gasteiger partial charge on any atom is 0.263 e. The maximum absolute atomic E-state index is 12.4. The van der Waals surface area contributed by atoms with Crippen LogP contribution in [0.25, 0.3) is 0 Å². The van der Waals surface area contributed by atoms with E-state index in [1.807, 2.05) is 13.8 Å². The minimum atomic E-state index is -3.74. The van der Waals surface area contributed by atoms with Gasteiger partial charge >= 0.3 is 0 Å². The van der Waals surface area contributed by atoms with E-state index < -0.39 is 10.0 Å². The molecule has 132 valence electrons. The summed E-state index contributed by atoms with van der Waals surface area (Å²) in [7, 11) is -3.74. The Balaban J connectivity index is 1.84. The van der Waals surface area contributed by atoms with Crippen molar-refractivity contribution in [1.29, 1.82) is 0 Å². The molecule has 2 aromatic rings. The zero-order valence-electron chi connectivity index (χ0n) is 13.9. The first-order valence-corrected chi connectivity index (χ1v) is 9.73. The van der Waals surface area contributed by atoms with Gasteiger partial charge in [0.1, 0.15) is 10.0 Å². The Bertz CT molecular complexity index is 911. The number of carbonyl (C=O) groups excluding carboxylic acids is 1. The van der Waals surface area contributed by atoms with Gasteiger partial charge in [-0.1, -0.05) is 25.4 Å². The molecule has 0 aliphatic carbocycles. The zero-order valence-corrected chi connectivity index (χ0v) is 15.4. The number of fused-ring (bicyclic) bond motifs is 1. The average Bonchev–Trinajstić information content (AvgIpc) is 2.97. The molecule has 2 heterocycles. The number of nitrogens with one attached hydrogen (secondary N) is 1. The lowest BCUT2D eigenvalue weighted by Crippen LogP contribution is -2.32. The van der Waals surface area contributed by atoms with Crippen LogP contribution in [-0.4, -0.2) is 25.9 Å². The number of rotatable bonds is 4. The van der Waals surface area contributed by atoms with Crippen molar-refractivity contribution in [1.82, 2.24) is 4.98 Å². The van der Waals surface area contributed by atoms with E-state index in [9.17, 15) is 13.2 Å². The van der Waals surface area contributed by atoms with E-state index >= 15 is 0 Å². The van der Waals surface area contributed by atoms with Crippen LogP contribution in [0.3, 0.4) is 0 Å². The lowest BCUT2D eigenvalue weighted by atomic mass is 10.1. The van der Waals surface area contributed by atoms with E-state index in [4.69, 9.17) is 11.6 Å². The SMILES string of the molecule is CC(C)C(=O)N1CCc2cc(NS(=O)(=O)c3ccc(Cl)nc3)ccc21. The van der Waals surface area contributed by atoms with E-state index in [1.54, 1.807) is 23.1 Å². The van der Waals surface area contributed by atoms with Crippen molar-refractivity contribution in [3.63, 3.8) is 0 Å². The Hall–Kier alpha value is -2.12. The van der Waals surface area contributed by atoms with Crippen molar-refractivity contribution in [3.05, 3.63) is 47.2 Å². The van der Waals surface area contributed by atoms with Gasteiger partial charge in [0.05, 0.1) is 0 Å². The van der Waals surface area contributed by atoms with Crippen LogP contribution >= 0.6 is 11.6 Å². The molecule has 0 radical (unpaired) electrons. The Morgan fingerprint density at radius 1 is 1.28 bits per heavy atom. The van der Waals surface area contributed by atoms with Crippen molar-refractivity contribution >= 4 is 38.9 Å². The topological polar surface area (TPSA) is 79.4 Å². The number of carbonyl (C=O) groups is 1. The number of hydrogen-bond donors (Lipinski definition) is 1. The first-order chi connectivity index (χ1) is 11.8. The highest BCUT2D eigenvalue weighted by molar-refractivity contribution is 7.92. The van der Waals surface area contributed by atoms with Gasteiger partial charge in [0, 0.05) is 30.0 Å². The molecular formula is C17H18ClN3O3S. The minimum absolute atomic E-state index is 0.0361. The number of pyridine rings is 1. The van der Waals surface area contributed by atoms with Crippen molar-refractivity contribution in [3.8, 4) is 0 Å². The third kappa shape index (κ3) is 3.62. The third-order valence-electron chi connectivity index (χ3n) is 4.00. The molecule has 6 nitrogen and oxygen atoms in total. The van der Waals surface area contributed by atoms with Gasteiger partial charge in [-0.25, -0.2) is 13.4 Å². The zero-order chi connectivity index (χ0) is 18.2. The number of hydrogen-bond acceptors (Lipinski definition) is 4. The molecule has 0 atom stereocenters. The molecule has 1 aromatic carbocycles. The van der Waals surface area contributed by atoms with Crippen LogP contribution < -0.4 is 9.62 Å². The largest absolute Gasteiger partial charge is 0.312 e. The number of nitrogens with zero attached hydrogens (tertiary/aromatic N) is 2. The molecule has 0 saturated carbocycles. The highest BCUT2D eigenvalue weighted by atomic mass is 35.5. The van der Waals surface area contributed by atoms with Gasteiger partial charge in [0.2, 0.25) is 5.91 Å². The second-order valence-electron chi connectivity index (χ2n) is 6.16. The van der Waals surface area contributed by atoms with E-state index in [0.717, 1.165) is 11.3 Å². The maximum atomic E-state index is 12.4. The number of aromatic nitrogens is 1. The predicted octanol–water partition coefficient (Wildman–Crippen LogP) is 3.08. The Morgan fingerprint density at radius 2 is 2.04 bits per heavy atom. The lowest BCUT2D eigenvalue weighted by molar-refractivity contribution is -0.121. The summed E-state index contributed by atoms with van der Waals surface area (Å²) in [6.07, 6.45) is 1.91. The van der Waals surface area contributed by atoms with E-state index in [2.05, 4.69) is 9.71 Å². The molecule has 0 saturated heterocycles. The summed E-state index contributed by atoms with van der Waals surface area (Å²) < 4.78 is 27.4. The second kappa shape index (κ2) is 6.65. The summed E-state index contributed by atoms with van der Waals surface area (Å²) in [5.74, 6) is -0.0131. The molecule has 0 fully saturated rings. The number of amides is 1. The molecule has 3 rings (SSSR count). The fraction of sp³-hybridized carbons (Fsp3) is 0.294. The van der Waals surface area contributed by atoms with Crippen molar-refractivity contribution in [2.45, 2.75) is 25.2 Å². The molecule has 1 aromatic heterocycles. The van der Waals surface area contributed by atoms with Crippen LogP contribution in [0.4, 0.5) is 11.4 Å². The van der Waals surface area contributed by atoms with Gasteiger partial charge in [0.25, 0.3) is 10.0 Å². The summed E-state index contributed by atoms with van der Waals surface area (Å²) in [5, 5.41) is 0.228. The van der Waals surface area contributed by atoms with Crippen LogP contribution in [0.1, 0.15) is 19.4 Å². The average molecular weight is 380 g/mol. The van der Waals surface area contributed by atoms with Gasteiger partial charge < -0.3 is 4.90 Å². The van der Waals surface area contributed by atoms with Gasteiger partial charge in [-0.2, -0.15) is 0 Å². The van der Waals surface area contributed by atoms with Gasteiger partial charge in [-0.3, -0.25) is 9.52 Å². The summed E-state index contributed by atoms with van der Waals surface area (Å²) in [5.41, 5.74) is 2.24. The Kier molecular flexibility index (Phi) is 4.71. The highest BCUT2D eigenvalue weighted by Gasteiger charge is 2.26. The molecule has 0 unspecified atom stereocenters. The lowest BCUT2D eigenvalue weighted by Gasteiger charge is -2.19. The molecule has 1 N–H and O–H groups in total. The second-order valence-corrected chi connectivity index (χ2v) is 8.23. The van der Waals surface area contributed by atoms with Crippen LogP contribution in [0.5, 0.6) is 0 Å². The summed E-state index contributed by atoms with van der Waals surface area (Å²) in [6, 6.07) is 8.03. The number of sulfonamides is 1. The van der Waals surface area contributed by atoms with Crippen molar-refractivity contribution in [2.75, 3.05) is 16.2 Å². The molecular weight excluding hydrogens is 362 g/mol. The third-order valence-corrected chi connectivity index (χ3v) is 5.59. The van der Waals surface area contributed by atoms with Crippen molar-refractivity contribution in [2.24, 2.45) is 5.92 Å². The number of anilines is 2. The molecule has 1 amide bonds. The van der Waals surface area contributed by atoms with Crippen LogP contribution in [-0.2, 0) is 21.2 Å². The Morgan fingerprint density at radius 3 is 2.68 bits per heavy atom. The monoisotopic (exact) mass is 379 g/mol. The molecule has 1 aliphatic rings. The minimum Gasteiger partial charge on any atom is -0.312 e. The van der Waals surface area contributed by atoms with Crippen molar-refractivity contribution < 1.29 is 13.2 Å². The fourth-order valence-electron chi connectivity index (χ4n) is 2.74. The normalized spacial score (nSPS) is 13.8. The predicted molar refractivity (Wildman–Crippen MR) is 97.4 cm³/mol. The highest BCUT2D eigenvalue weighted by Crippen LogP contribution is 2.32. The fourth-order valence-corrected chi connectivity index (χ4v) is 3.85. The Labute approximate surface area is 151 Å². The molecule has 1 aliphatic heterocycles. The standard InChI is InChI=1S/C17H18ClN3O3S/c1-11(2)17(22)21-8-7-12-9-13(3-5-15(12)21)20-25(23,24)14-4-6-16(18)19-10-14/h3-6,9-11,20H,7-8H2,1-2H3. The molecule has 25 heavy (non-hydrogen) atoms. The first-order valence-electron chi connectivity index (χ1n) is 7.86. The quantitative estimate of drug-likeness (QED) is 0.828. The van der Waals surface area contributed by atoms with E-state index in [-0.39, 0.29) is 21.9 Å². The molecule has 0 spiro atoms. The van der Waals surface area contributed by atoms with Gasteiger partial charge in [-0.15, -0.1) is 0 Å². The van der Waals surface area contributed by atoms with Crippen LogP contribution in [0.15, 0.2) is 41.4 Å². The first kappa shape index (κ1) is 17.7. The van der Waals surface area contributed by atoms with Crippen LogP contribution in [0, 0.1) is 5.92 Å².